The summed E-state index contributed by atoms with van der Waals surface area (Å²) >= 11 is 0. The number of aromatic nitrogens is 3. The predicted molar refractivity (Wildman–Crippen MR) is 81.3 cm³/mol. The third-order valence-electron chi connectivity index (χ3n) is 3.04. The average molecular weight is 308 g/mol. The molecule has 2 aromatic rings. The van der Waals surface area contributed by atoms with Crippen LogP contribution in [0.3, 0.4) is 0 Å². The van der Waals surface area contributed by atoms with Crippen LogP contribution >= 0.6 is 0 Å². The van der Waals surface area contributed by atoms with Gasteiger partial charge in [0.05, 0.1) is 0 Å². The van der Waals surface area contributed by atoms with Gasteiger partial charge in [0.1, 0.15) is 0 Å². The SMILES string of the molecule is Cc1cc(C)cc(-c2nnc(S(N)(=O)=O)n2C(C)(C)C)c1. The minimum atomic E-state index is -3.93. The lowest BCUT2D eigenvalue weighted by Gasteiger charge is -2.24. The van der Waals surface area contributed by atoms with Crippen LogP contribution in [0.5, 0.6) is 0 Å². The molecule has 0 spiro atoms. The van der Waals surface area contributed by atoms with Crippen LogP contribution < -0.4 is 5.14 Å². The highest BCUT2D eigenvalue weighted by Gasteiger charge is 2.29. The van der Waals surface area contributed by atoms with E-state index in [4.69, 9.17) is 5.14 Å². The molecular weight excluding hydrogens is 288 g/mol. The van der Waals surface area contributed by atoms with E-state index in [1.165, 1.54) is 0 Å². The smallest absolute Gasteiger partial charge is 0.273 e. The van der Waals surface area contributed by atoms with Crippen LogP contribution in [0.1, 0.15) is 31.9 Å². The molecule has 0 bridgehead atoms. The number of rotatable bonds is 2. The van der Waals surface area contributed by atoms with Crippen molar-refractivity contribution in [2.24, 2.45) is 5.14 Å². The van der Waals surface area contributed by atoms with Crippen LogP contribution in [0, 0.1) is 13.8 Å². The predicted octanol–water partition coefficient (Wildman–Crippen LogP) is 1.96. The maximum absolute atomic E-state index is 11.7. The van der Waals surface area contributed by atoms with E-state index < -0.39 is 15.6 Å². The van der Waals surface area contributed by atoms with Crippen molar-refractivity contribution < 1.29 is 8.42 Å². The first-order valence-corrected chi connectivity index (χ1v) is 8.12. The molecule has 1 aromatic carbocycles. The van der Waals surface area contributed by atoms with Gasteiger partial charge in [0, 0.05) is 11.1 Å². The molecule has 0 saturated carbocycles. The first kappa shape index (κ1) is 15.7. The molecule has 1 aromatic heterocycles. The monoisotopic (exact) mass is 308 g/mol. The Morgan fingerprint density at radius 3 is 2.00 bits per heavy atom. The number of primary sulfonamides is 1. The maximum Gasteiger partial charge on any atom is 0.273 e. The standard InChI is InChI=1S/C14H20N4O2S/c1-9-6-10(2)8-11(7-9)12-16-17-13(21(15,19)20)18(12)14(3,4)5/h6-8H,1-5H3,(H2,15,19,20). The van der Waals surface area contributed by atoms with Gasteiger partial charge in [-0.25, -0.2) is 13.6 Å². The van der Waals surface area contributed by atoms with Crippen molar-refractivity contribution >= 4 is 10.0 Å². The Morgan fingerprint density at radius 2 is 1.57 bits per heavy atom. The fourth-order valence-electron chi connectivity index (χ4n) is 2.35. The van der Waals surface area contributed by atoms with Crippen molar-refractivity contribution in [1.29, 1.82) is 0 Å². The largest absolute Gasteiger partial charge is 0.291 e. The Hall–Kier alpha value is -1.73. The molecule has 0 saturated heterocycles. The highest BCUT2D eigenvalue weighted by Crippen LogP contribution is 2.28. The lowest BCUT2D eigenvalue weighted by atomic mass is 10.0. The summed E-state index contributed by atoms with van der Waals surface area (Å²) in [6.45, 7) is 9.62. The van der Waals surface area contributed by atoms with E-state index in [9.17, 15) is 8.42 Å². The summed E-state index contributed by atoms with van der Waals surface area (Å²) in [5.41, 5.74) is 2.46. The van der Waals surface area contributed by atoms with Gasteiger partial charge in [-0.2, -0.15) is 0 Å². The zero-order valence-corrected chi connectivity index (χ0v) is 13.7. The second-order valence-electron chi connectivity index (χ2n) is 6.23. The second-order valence-corrected chi connectivity index (χ2v) is 7.69. The van der Waals surface area contributed by atoms with Crippen LogP contribution in [-0.4, -0.2) is 23.2 Å². The minimum absolute atomic E-state index is 0.218. The van der Waals surface area contributed by atoms with E-state index >= 15 is 0 Å². The highest BCUT2D eigenvalue weighted by molar-refractivity contribution is 7.89. The second kappa shape index (κ2) is 4.92. The molecular formula is C14H20N4O2S. The number of aryl methyl sites for hydroxylation is 2. The van der Waals surface area contributed by atoms with Crippen molar-refractivity contribution in [2.75, 3.05) is 0 Å². The summed E-state index contributed by atoms with van der Waals surface area (Å²) < 4.78 is 25.0. The number of sulfonamides is 1. The molecule has 114 valence electrons. The van der Waals surface area contributed by atoms with Crippen molar-refractivity contribution in [3.05, 3.63) is 29.3 Å². The summed E-state index contributed by atoms with van der Waals surface area (Å²) in [6, 6.07) is 5.94. The summed E-state index contributed by atoms with van der Waals surface area (Å²) in [6.07, 6.45) is 0. The fourth-order valence-corrected chi connectivity index (χ4v) is 3.12. The number of hydrogen-bond acceptors (Lipinski definition) is 4. The van der Waals surface area contributed by atoms with Crippen LogP contribution in [0.4, 0.5) is 0 Å². The molecule has 2 rings (SSSR count). The molecule has 7 heteroatoms. The zero-order chi connectivity index (χ0) is 16.0. The molecule has 0 unspecified atom stereocenters. The van der Waals surface area contributed by atoms with Gasteiger partial charge in [0.15, 0.2) is 5.82 Å². The van der Waals surface area contributed by atoms with Crippen LogP contribution in [0.15, 0.2) is 23.4 Å². The first-order valence-electron chi connectivity index (χ1n) is 6.57. The zero-order valence-electron chi connectivity index (χ0n) is 12.9. The van der Waals surface area contributed by atoms with Crippen LogP contribution in [0.2, 0.25) is 0 Å². The molecule has 1 heterocycles. The molecule has 21 heavy (non-hydrogen) atoms. The summed E-state index contributed by atoms with van der Waals surface area (Å²) in [5, 5.41) is 12.9. The van der Waals surface area contributed by atoms with E-state index in [2.05, 4.69) is 10.2 Å². The van der Waals surface area contributed by atoms with Gasteiger partial charge in [-0.15, -0.1) is 10.2 Å². The lowest BCUT2D eigenvalue weighted by molar-refractivity contribution is 0.366. The summed E-state index contributed by atoms with van der Waals surface area (Å²) in [5.74, 6) is 0.498. The Morgan fingerprint density at radius 1 is 1.05 bits per heavy atom. The van der Waals surface area contributed by atoms with E-state index in [1.54, 1.807) is 4.57 Å². The van der Waals surface area contributed by atoms with Crippen molar-refractivity contribution in [1.82, 2.24) is 14.8 Å². The Balaban J connectivity index is 2.79. The van der Waals surface area contributed by atoms with Gasteiger partial charge in [0.2, 0.25) is 0 Å². The van der Waals surface area contributed by atoms with Gasteiger partial charge in [-0.1, -0.05) is 17.2 Å². The van der Waals surface area contributed by atoms with E-state index in [0.717, 1.165) is 16.7 Å². The van der Waals surface area contributed by atoms with E-state index in [-0.39, 0.29) is 5.16 Å². The van der Waals surface area contributed by atoms with Gasteiger partial charge < -0.3 is 0 Å². The summed E-state index contributed by atoms with van der Waals surface area (Å²) in [4.78, 5) is 0. The normalized spacial score (nSPS) is 12.7. The number of hydrogen-bond donors (Lipinski definition) is 1. The van der Waals surface area contributed by atoms with E-state index in [1.807, 2.05) is 52.8 Å². The third-order valence-corrected chi connectivity index (χ3v) is 3.81. The Labute approximate surface area is 125 Å². The van der Waals surface area contributed by atoms with Crippen molar-refractivity contribution in [2.45, 2.75) is 45.3 Å². The molecule has 0 fully saturated rings. The molecule has 0 radical (unpaired) electrons. The topological polar surface area (TPSA) is 90.9 Å². The average Bonchev–Trinajstić information content (AvgIpc) is 2.70. The molecule has 0 aliphatic rings. The number of nitrogens with zero attached hydrogens (tertiary/aromatic N) is 3. The first-order chi connectivity index (χ1) is 9.50. The molecule has 0 amide bonds. The lowest BCUT2D eigenvalue weighted by Crippen LogP contribution is -2.29. The Kier molecular flexibility index (Phi) is 3.67. The Bertz CT molecular complexity index is 766. The molecule has 6 nitrogen and oxygen atoms in total. The van der Waals surface area contributed by atoms with Gasteiger partial charge in [-0.3, -0.25) is 4.57 Å². The molecule has 0 aliphatic carbocycles. The molecule has 0 atom stereocenters. The van der Waals surface area contributed by atoms with E-state index in [0.29, 0.717) is 5.82 Å². The highest BCUT2D eigenvalue weighted by atomic mass is 32.2. The number of nitrogens with two attached hydrogens (primary N) is 1. The van der Waals surface area contributed by atoms with Crippen molar-refractivity contribution in [3.8, 4) is 11.4 Å². The molecule has 0 aliphatic heterocycles. The van der Waals surface area contributed by atoms with Gasteiger partial charge in [0.25, 0.3) is 15.2 Å². The minimum Gasteiger partial charge on any atom is -0.291 e. The number of benzene rings is 1. The van der Waals surface area contributed by atoms with Gasteiger partial charge >= 0.3 is 0 Å². The van der Waals surface area contributed by atoms with Crippen LogP contribution in [-0.2, 0) is 15.6 Å². The van der Waals surface area contributed by atoms with Crippen LogP contribution in [0.25, 0.3) is 11.4 Å². The van der Waals surface area contributed by atoms with Gasteiger partial charge in [-0.05, 0) is 46.8 Å². The molecule has 2 N–H and O–H groups in total. The summed E-state index contributed by atoms with van der Waals surface area (Å²) in [7, 11) is -3.93. The third kappa shape index (κ3) is 3.14. The maximum atomic E-state index is 11.7. The quantitative estimate of drug-likeness (QED) is 0.918. The fraction of sp³-hybridized carbons (Fsp3) is 0.429. The van der Waals surface area contributed by atoms with Crippen molar-refractivity contribution in [3.63, 3.8) is 0 Å².